The molecule has 17 heavy (non-hydrogen) atoms. The van der Waals surface area contributed by atoms with Crippen molar-refractivity contribution in [1.29, 1.82) is 0 Å². The Bertz CT molecular complexity index is 335. The van der Waals surface area contributed by atoms with Gasteiger partial charge in [0.1, 0.15) is 0 Å². The van der Waals surface area contributed by atoms with Gasteiger partial charge in [0, 0.05) is 36.3 Å². The van der Waals surface area contributed by atoms with Crippen LogP contribution >= 0.6 is 11.8 Å². The number of hydrogen-bond acceptors (Lipinski definition) is 2. The predicted molar refractivity (Wildman–Crippen MR) is 76.5 cm³/mol. The first-order valence-electron chi connectivity index (χ1n) is 6.73. The van der Waals surface area contributed by atoms with Crippen LogP contribution < -0.4 is 5.32 Å². The van der Waals surface area contributed by atoms with E-state index in [1.807, 2.05) is 11.8 Å². The quantitative estimate of drug-likeness (QED) is 0.866. The van der Waals surface area contributed by atoms with E-state index in [-0.39, 0.29) is 0 Å². The number of thioether (sulfide) groups is 1. The largest absolute Gasteiger partial charge is 0.351 e. The molecule has 1 saturated carbocycles. The highest BCUT2D eigenvalue weighted by molar-refractivity contribution is 7.99. The van der Waals surface area contributed by atoms with Gasteiger partial charge in [-0.05, 0) is 44.6 Å². The molecule has 1 aliphatic rings. The summed E-state index contributed by atoms with van der Waals surface area (Å²) in [5, 5.41) is 4.60. The van der Waals surface area contributed by atoms with Crippen molar-refractivity contribution in [2.45, 2.75) is 57.0 Å². The van der Waals surface area contributed by atoms with Crippen molar-refractivity contribution >= 4 is 11.8 Å². The monoisotopic (exact) mass is 252 g/mol. The average molecular weight is 252 g/mol. The van der Waals surface area contributed by atoms with Crippen LogP contribution in [0, 0.1) is 0 Å². The fraction of sp³-hybridized carbons (Fsp3) is 0.714. The maximum Gasteiger partial charge on any atom is 0.0361 e. The summed E-state index contributed by atoms with van der Waals surface area (Å²) < 4.78 is 2.32. The lowest BCUT2D eigenvalue weighted by Gasteiger charge is -2.29. The number of rotatable bonds is 5. The SMILES string of the molecule is CCn1cccc1CNC1CCCC(SC)C1. The molecule has 0 radical (unpaired) electrons. The molecule has 0 aromatic carbocycles. The van der Waals surface area contributed by atoms with Crippen molar-refractivity contribution < 1.29 is 0 Å². The van der Waals surface area contributed by atoms with Crippen LogP contribution in [0.25, 0.3) is 0 Å². The lowest BCUT2D eigenvalue weighted by atomic mass is 9.95. The maximum absolute atomic E-state index is 3.73. The Morgan fingerprint density at radius 3 is 3.12 bits per heavy atom. The van der Waals surface area contributed by atoms with Crippen LogP contribution in [0.3, 0.4) is 0 Å². The Labute approximate surface area is 109 Å². The fourth-order valence-corrected chi connectivity index (χ4v) is 3.54. The summed E-state index contributed by atoms with van der Waals surface area (Å²) in [4.78, 5) is 0. The molecule has 3 heteroatoms. The van der Waals surface area contributed by atoms with E-state index in [2.05, 4.69) is 41.4 Å². The molecule has 1 aliphatic carbocycles. The van der Waals surface area contributed by atoms with Crippen molar-refractivity contribution in [3.63, 3.8) is 0 Å². The zero-order valence-corrected chi connectivity index (χ0v) is 11.8. The summed E-state index contributed by atoms with van der Waals surface area (Å²) in [6, 6.07) is 5.10. The molecular formula is C14H24N2S. The van der Waals surface area contributed by atoms with Gasteiger partial charge in [-0.1, -0.05) is 6.42 Å². The van der Waals surface area contributed by atoms with Gasteiger partial charge in [-0.15, -0.1) is 0 Å². The molecule has 0 aliphatic heterocycles. The van der Waals surface area contributed by atoms with Crippen molar-refractivity contribution in [3.8, 4) is 0 Å². The highest BCUT2D eigenvalue weighted by Crippen LogP contribution is 2.27. The van der Waals surface area contributed by atoms with Gasteiger partial charge < -0.3 is 9.88 Å². The second-order valence-corrected chi connectivity index (χ2v) is 6.03. The van der Waals surface area contributed by atoms with Crippen LogP contribution in [-0.4, -0.2) is 22.1 Å². The molecule has 96 valence electrons. The average Bonchev–Trinajstić information content (AvgIpc) is 2.84. The first-order valence-corrected chi connectivity index (χ1v) is 8.02. The fourth-order valence-electron chi connectivity index (χ4n) is 2.71. The minimum Gasteiger partial charge on any atom is -0.351 e. The van der Waals surface area contributed by atoms with E-state index in [0.717, 1.165) is 24.4 Å². The predicted octanol–water partition coefficient (Wildman–Crippen LogP) is 3.27. The van der Waals surface area contributed by atoms with Gasteiger partial charge in [-0.25, -0.2) is 0 Å². The van der Waals surface area contributed by atoms with Crippen LogP contribution in [-0.2, 0) is 13.1 Å². The zero-order valence-electron chi connectivity index (χ0n) is 11.0. The zero-order chi connectivity index (χ0) is 12.1. The van der Waals surface area contributed by atoms with E-state index < -0.39 is 0 Å². The Kier molecular flexibility index (Phi) is 4.99. The van der Waals surface area contributed by atoms with Crippen molar-refractivity contribution in [2.75, 3.05) is 6.26 Å². The topological polar surface area (TPSA) is 17.0 Å². The highest BCUT2D eigenvalue weighted by Gasteiger charge is 2.20. The molecule has 1 heterocycles. The summed E-state index contributed by atoms with van der Waals surface area (Å²) in [6.07, 6.45) is 9.90. The molecule has 0 amide bonds. The smallest absolute Gasteiger partial charge is 0.0361 e. The summed E-state index contributed by atoms with van der Waals surface area (Å²) in [5.41, 5.74) is 1.42. The van der Waals surface area contributed by atoms with Gasteiger partial charge in [-0.3, -0.25) is 0 Å². The van der Waals surface area contributed by atoms with Gasteiger partial charge in [0.25, 0.3) is 0 Å². The van der Waals surface area contributed by atoms with Crippen molar-refractivity contribution in [2.24, 2.45) is 0 Å². The number of aromatic nitrogens is 1. The highest BCUT2D eigenvalue weighted by atomic mass is 32.2. The first kappa shape index (κ1) is 13.0. The summed E-state index contributed by atoms with van der Waals surface area (Å²) in [5.74, 6) is 0. The van der Waals surface area contributed by atoms with E-state index in [0.29, 0.717) is 0 Å². The molecule has 0 bridgehead atoms. The Morgan fingerprint density at radius 1 is 1.47 bits per heavy atom. The van der Waals surface area contributed by atoms with E-state index in [9.17, 15) is 0 Å². The van der Waals surface area contributed by atoms with Crippen LogP contribution in [0.15, 0.2) is 18.3 Å². The molecule has 0 spiro atoms. The Balaban J connectivity index is 1.81. The standard InChI is InChI=1S/C14H24N2S/c1-3-16-9-5-7-13(16)11-15-12-6-4-8-14(10-12)17-2/h5,7,9,12,14-15H,3-4,6,8,10-11H2,1-2H3. The molecule has 0 saturated heterocycles. The van der Waals surface area contributed by atoms with Gasteiger partial charge in [-0.2, -0.15) is 11.8 Å². The molecule has 1 aromatic rings. The van der Waals surface area contributed by atoms with Crippen molar-refractivity contribution in [3.05, 3.63) is 24.0 Å². The van der Waals surface area contributed by atoms with E-state index >= 15 is 0 Å². The number of aryl methyl sites for hydroxylation is 1. The number of nitrogens with one attached hydrogen (secondary N) is 1. The van der Waals surface area contributed by atoms with Gasteiger partial charge in [0.2, 0.25) is 0 Å². The Hall–Kier alpha value is -0.410. The van der Waals surface area contributed by atoms with E-state index in [4.69, 9.17) is 0 Å². The normalized spacial score (nSPS) is 25.1. The lowest BCUT2D eigenvalue weighted by molar-refractivity contribution is 0.376. The van der Waals surface area contributed by atoms with Gasteiger partial charge in [0.15, 0.2) is 0 Å². The molecule has 2 unspecified atom stereocenters. The molecule has 2 nitrogen and oxygen atoms in total. The van der Waals surface area contributed by atoms with Crippen LogP contribution in [0.2, 0.25) is 0 Å². The third-order valence-corrected chi connectivity index (χ3v) is 4.89. The van der Waals surface area contributed by atoms with Crippen LogP contribution in [0.5, 0.6) is 0 Å². The second kappa shape index (κ2) is 6.50. The maximum atomic E-state index is 3.73. The van der Waals surface area contributed by atoms with E-state index in [1.54, 1.807) is 0 Å². The molecule has 2 atom stereocenters. The lowest BCUT2D eigenvalue weighted by Crippen LogP contribution is -2.35. The molecule has 1 aromatic heterocycles. The van der Waals surface area contributed by atoms with Gasteiger partial charge >= 0.3 is 0 Å². The summed E-state index contributed by atoms with van der Waals surface area (Å²) >= 11 is 2.04. The third kappa shape index (κ3) is 3.52. The number of hydrogen-bond donors (Lipinski definition) is 1. The van der Waals surface area contributed by atoms with Crippen molar-refractivity contribution in [1.82, 2.24) is 9.88 Å². The minimum atomic E-state index is 0.724. The minimum absolute atomic E-state index is 0.724. The molecular weight excluding hydrogens is 228 g/mol. The second-order valence-electron chi connectivity index (χ2n) is 4.89. The molecule has 1 N–H and O–H groups in total. The summed E-state index contributed by atoms with van der Waals surface area (Å²) in [7, 11) is 0. The molecule has 1 fully saturated rings. The Morgan fingerprint density at radius 2 is 2.35 bits per heavy atom. The first-order chi connectivity index (χ1) is 8.33. The van der Waals surface area contributed by atoms with Gasteiger partial charge in [0.05, 0.1) is 0 Å². The van der Waals surface area contributed by atoms with Crippen LogP contribution in [0.1, 0.15) is 38.3 Å². The van der Waals surface area contributed by atoms with E-state index in [1.165, 1.54) is 31.4 Å². The third-order valence-electron chi connectivity index (χ3n) is 3.80. The summed E-state index contributed by atoms with van der Waals surface area (Å²) in [6.45, 7) is 4.29. The number of nitrogens with zero attached hydrogens (tertiary/aromatic N) is 1. The molecule has 2 rings (SSSR count). The van der Waals surface area contributed by atoms with Crippen LogP contribution in [0.4, 0.5) is 0 Å².